The van der Waals surface area contributed by atoms with Crippen LogP contribution in [-0.4, -0.2) is 36.7 Å². The van der Waals surface area contributed by atoms with Crippen molar-refractivity contribution in [2.75, 3.05) is 29.6 Å². The maximum atomic E-state index is 14.2. The van der Waals surface area contributed by atoms with E-state index in [1.165, 1.54) is 42.1 Å². The number of nitrogens with one attached hydrogen (secondary N) is 3. The Labute approximate surface area is 259 Å². The average molecular weight is 663 g/mol. The van der Waals surface area contributed by atoms with Gasteiger partial charge in [-0.2, -0.15) is 0 Å². The van der Waals surface area contributed by atoms with E-state index in [1.807, 2.05) is 0 Å². The zero-order valence-electron chi connectivity index (χ0n) is 22.6. The number of rotatable bonds is 9. The molecule has 8 nitrogen and oxygen atoms in total. The second-order valence-electron chi connectivity index (χ2n) is 9.22. The van der Waals surface area contributed by atoms with Crippen molar-refractivity contribution < 1.29 is 28.2 Å². The smallest absolute Gasteiger partial charge is 0.272 e. The Hall–Kier alpha value is -4.61. The lowest BCUT2D eigenvalue weighted by atomic mass is 10.1. The molecule has 1 heterocycles. The SMILES string of the molecule is O=C(CSc1ccc(NC(=O)C(=Cc2ccc(Br)cc2)NC(=O)c2ccccc2F)cc1)Nc1ccc2c(c1)OCCO2. The topological polar surface area (TPSA) is 106 Å². The molecule has 0 spiro atoms. The molecule has 0 aliphatic carbocycles. The van der Waals surface area contributed by atoms with E-state index in [0.29, 0.717) is 41.7 Å². The van der Waals surface area contributed by atoms with E-state index in [-0.39, 0.29) is 22.9 Å². The number of fused-ring (bicyclic) bond motifs is 1. The summed E-state index contributed by atoms with van der Waals surface area (Å²) in [5.41, 5.74) is 1.49. The third kappa shape index (κ3) is 8.24. The molecule has 0 unspecified atom stereocenters. The van der Waals surface area contributed by atoms with E-state index >= 15 is 0 Å². The predicted octanol–water partition coefficient (Wildman–Crippen LogP) is 6.50. The number of amides is 3. The lowest BCUT2D eigenvalue weighted by Crippen LogP contribution is -2.31. The standard InChI is InChI=1S/C32H25BrFN3O5S/c33-21-7-5-20(6-8-21)17-27(37-31(39)25-3-1-2-4-26(25)34)32(40)36-22-9-12-24(13-10-22)43-19-30(38)35-23-11-14-28-29(18-23)42-16-15-41-28/h1-14,17-18H,15-16,19H2,(H,35,38)(H,36,40)(H,37,39). The minimum Gasteiger partial charge on any atom is -0.486 e. The summed E-state index contributed by atoms with van der Waals surface area (Å²) in [5, 5.41) is 8.14. The minimum atomic E-state index is -0.752. The Bertz CT molecular complexity index is 1680. The first-order valence-electron chi connectivity index (χ1n) is 13.1. The van der Waals surface area contributed by atoms with Crippen LogP contribution in [0.5, 0.6) is 11.5 Å². The minimum absolute atomic E-state index is 0.0650. The van der Waals surface area contributed by atoms with E-state index in [4.69, 9.17) is 9.47 Å². The highest BCUT2D eigenvalue weighted by atomic mass is 79.9. The molecule has 0 saturated carbocycles. The number of halogens is 2. The summed E-state index contributed by atoms with van der Waals surface area (Å²) in [4.78, 5) is 39.3. The highest BCUT2D eigenvalue weighted by molar-refractivity contribution is 9.10. The molecule has 0 fully saturated rings. The normalized spacial score (nSPS) is 12.3. The van der Waals surface area contributed by atoms with Crippen LogP contribution in [0.25, 0.3) is 6.08 Å². The summed E-state index contributed by atoms with van der Waals surface area (Å²) < 4.78 is 26.1. The fourth-order valence-corrected chi connectivity index (χ4v) is 4.98. The molecule has 11 heteroatoms. The monoisotopic (exact) mass is 661 g/mol. The summed E-state index contributed by atoms with van der Waals surface area (Å²) in [7, 11) is 0. The Morgan fingerprint density at radius 2 is 1.53 bits per heavy atom. The highest BCUT2D eigenvalue weighted by Gasteiger charge is 2.18. The van der Waals surface area contributed by atoms with Gasteiger partial charge in [-0.15, -0.1) is 11.8 Å². The quantitative estimate of drug-likeness (QED) is 0.140. The molecule has 1 aliphatic rings. The fraction of sp³-hybridized carbons (Fsp3) is 0.0938. The molecule has 4 aromatic rings. The van der Waals surface area contributed by atoms with E-state index in [2.05, 4.69) is 31.9 Å². The summed E-state index contributed by atoms with van der Waals surface area (Å²) in [5.74, 6) is -0.818. The van der Waals surface area contributed by atoms with Crippen LogP contribution in [0.2, 0.25) is 0 Å². The Balaban J connectivity index is 1.21. The van der Waals surface area contributed by atoms with Crippen molar-refractivity contribution in [3.8, 4) is 11.5 Å². The number of thioether (sulfide) groups is 1. The van der Waals surface area contributed by atoms with E-state index in [9.17, 15) is 18.8 Å². The van der Waals surface area contributed by atoms with Crippen molar-refractivity contribution in [1.82, 2.24) is 5.32 Å². The lowest BCUT2D eigenvalue weighted by Gasteiger charge is -2.19. The molecule has 0 atom stereocenters. The Kier molecular flexibility index (Phi) is 9.75. The maximum absolute atomic E-state index is 14.2. The molecule has 0 saturated heterocycles. The van der Waals surface area contributed by atoms with E-state index < -0.39 is 17.6 Å². The van der Waals surface area contributed by atoms with Crippen molar-refractivity contribution >= 4 is 62.9 Å². The van der Waals surface area contributed by atoms with Crippen LogP contribution in [0, 0.1) is 5.82 Å². The van der Waals surface area contributed by atoms with Gasteiger partial charge in [0, 0.05) is 26.8 Å². The summed E-state index contributed by atoms with van der Waals surface area (Å²) >= 11 is 4.70. The number of carbonyl (C=O) groups excluding carboxylic acids is 3. The van der Waals surface area contributed by atoms with Gasteiger partial charge < -0.3 is 25.4 Å². The highest BCUT2D eigenvalue weighted by Crippen LogP contribution is 2.32. The van der Waals surface area contributed by atoms with E-state index in [1.54, 1.807) is 66.7 Å². The average Bonchev–Trinajstić information content (AvgIpc) is 3.01. The molecule has 0 radical (unpaired) electrons. The molecule has 1 aliphatic heterocycles. The molecular formula is C32H25BrFN3O5S. The Morgan fingerprint density at radius 1 is 0.837 bits per heavy atom. The lowest BCUT2D eigenvalue weighted by molar-refractivity contribution is -0.114. The number of ether oxygens (including phenoxy) is 2. The van der Waals surface area contributed by atoms with Crippen LogP contribution in [-0.2, 0) is 9.59 Å². The van der Waals surface area contributed by atoms with Gasteiger partial charge in [-0.05, 0) is 72.3 Å². The molecule has 0 aromatic heterocycles. The zero-order valence-corrected chi connectivity index (χ0v) is 25.0. The van der Waals surface area contributed by atoms with Gasteiger partial charge >= 0.3 is 0 Å². The Morgan fingerprint density at radius 3 is 2.28 bits per heavy atom. The summed E-state index contributed by atoms with van der Waals surface area (Å²) in [6.07, 6.45) is 1.51. The second-order valence-corrected chi connectivity index (χ2v) is 11.2. The number of benzene rings is 4. The van der Waals surface area contributed by atoms with Crippen molar-refractivity contribution in [3.05, 3.63) is 118 Å². The first-order valence-corrected chi connectivity index (χ1v) is 14.9. The van der Waals surface area contributed by atoms with Crippen LogP contribution in [0.3, 0.4) is 0 Å². The maximum Gasteiger partial charge on any atom is 0.272 e. The van der Waals surface area contributed by atoms with Crippen LogP contribution < -0.4 is 25.4 Å². The summed E-state index contributed by atoms with van der Waals surface area (Å²) in [6.45, 7) is 0.954. The largest absolute Gasteiger partial charge is 0.486 e. The predicted molar refractivity (Wildman–Crippen MR) is 168 cm³/mol. The fourth-order valence-electron chi connectivity index (χ4n) is 4.02. The molecule has 3 amide bonds. The van der Waals surface area contributed by atoms with Crippen molar-refractivity contribution in [2.45, 2.75) is 4.90 Å². The third-order valence-corrected chi connectivity index (χ3v) is 7.64. The van der Waals surface area contributed by atoms with Gasteiger partial charge in [0.15, 0.2) is 11.5 Å². The van der Waals surface area contributed by atoms with Crippen LogP contribution >= 0.6 is 27.7 Å². The zero-order chi connectivity index (χ0) is 30.2. The van der Waals surface area contributed by atoms with Gasteiger partial charge in [0.1, 0.15) is 24.7 Å². The first-order chi connectivity index (χ1) is 20.8. The number of hydrogen-bond donors (Lipinski definition) is 3. The molecule has 3 N–H and O–H groups in total. The third-order valence-electron chi connectivity index (χ3n) is 6.10. The first kappa shape index (κ1) is 29.9. The molecule has 4 aromatic carbocycles. The number of hydrogen-bond acceptors (Lipinski definition) is 6. The summed E-state index contributed by atoms with van der Waals surface area (Å²) in [6, 6.07) is 24.8. The van der Waals surface area contributed by atoms with Gasteiger partial charge in [-0.3, -0.25) is 14.4 Å². The number of carbonyl (C=O) groups is 3. The van der Waals surface area contributed by atoms with Crippen molar-refractivity contribution in [1.29, 1.82) is 0 Å². The van der Waals surface area contributed by atoms with Gasteiger partial charge in [0.25, 0.3) is 11.8 Å². The van der Waals surface area contributed by atoms with Crippen LogP contribution in [0.15, 0.2) is 106 Å². The van der Waals surface area contributed by atoms with Gasteiger partial charge in [-0.1, -0.05) is 40.2 Å². The van der Waals surface area contributed by atoms with Crippen molar-refractivity contribution in [3.63, 3.8) is 0 Å². The molecule has 43 heavy (non-hydrogen) atoms. The van der Waals surface area contributed by atoms with E-state index in [0.717, 1.165) is 9.37 Å². The van der Waals surface area contributed by atoms with Gasteiger partial charge in [0.2, 0.25) is 5.91 Å². The number of anilines is 2. The molecule has 0 bridgehead atoms. The molecule has 218 valence electrons. The second kappa shape index (κ2) is 14.0. The van der Waals surface area contributed by atoms with Crippen molar-refractivity contribution in [2.24, 2.45) is 0 Å². The van der Waals surface area contributed by atoms with Gasteiger partial charge in [-0.25, -0.2) is 4.39 Å². The molecule has 5 rings (SSSR count). The van der Waals surface area contributed by atoms with Gasteiger partial charge in [0.05, 0.1) is 11.3 Å². The van der Waals surface area contributed by atoms with Crippen LogP contribution in [0.1, 0.15) is 15.9 Å². The van der Waals surface area contributed by atoms with Crippen LogP contribution in [0.4, 0.5) is 15.8 Å². The molecular weight excluding hydrogens is 637 g/mol.